The van der Waals surface area contributed by atoms with Gasteiger partial charge in [0.05, 0.1) is 7.11 Å². The molecule has 0 spiro atoms. The maximum Gasteiger partial charge on any atom is 0.251 e. The molecule has 2 amide bonds. The van der Waals surface area contributed by atoms with Crippen molar-refractivity contribution in [1.29, 1.82) is 0 Å². The highest BCUT2D eigenvalue weighted by molar-refractivity contribution is 5.94. The maximum atomic E-state index is 12.3. The third kappa shape index (κ3) is 5.09. The predicted molar refractivity (Wildman–Crippen MR) is 105 cm³/mol. The van der Waals surface area contributed by atoms with E-state index in [4.69, 9.17) is 4.74 Å². The summed E-state index contributed by atoms with van der Waals surface area (Å²) < 4.78 is 5.35. The molecule has 0 aliphatic carbocycles. The predicted octanol–water partition coefficient (Wildman–Crippen LogP) is 3.18. The number of likely N-dealkylation sites (tertiary alicyclic amines) is 1. The van der Waals surface area contributed by atoms with Gasteiger partial charge in [0, 0.05) is 31.6 Å². The molecule has 0 aromatic heterocycles. The van der Waals surface area contributed by atoms with Crippen LogP contribution in [0.3, 0.4) is 0 Å². The van der Waals surface area contributed by atoms with Crippen molar-refractivity contribution in [3.8, 4) is 5.75 Å². The van der Waals surface area contributed by atoms with Gasteiger partial charge < -0.3 is 15.0 Å². The number of ether oxygens (including phenoxy) is 1. The van der Waals surface area contributed by atoms with Gasteiger partial charge in [0.2, 0.25) is 5.91 Å². The van der Waals surface area contributed by atoms with Crippen LogP contribution in [-0.2, 0) is 17.8 Å². The van der Waals surface area contributed by atoms with Crippen LogP contribution in [-0.4, -0.2) is 36.9 Å². The molecular formula is C22H26N2O3. The Bertz CT molecular complexity index is 786. The minimum absolute atomic E-state index is 0.0705. The van der Waals surface area contributed by atoms with Crippen molar-refractivity contribution in [3.05, 3.63) is 65.2 Å². The minimum Gasteiger partial charge on any atom is -0.496 e. The Hall–Kier alpha value is -2.82. The number of hydrogen-bond donors (Lipinski definition) is 1. The second-order valence-corrected chi connectivity index (χ2v) is 6.79. The average molecular weight is 366 g/mol. The van der Waals surface area contributed by atoms with Gasteiger partial charge in [-0.05, 0) is 48.6 Å². The van der Waals surface area contributed by atoms with Crippen LogP contribution in [0.25, 0.3) is 0 Å². The first kappa shape index (κ1) is 19.0. The van der Waals surface area contributed by atoms with Gasteiger partial charge in [-0.3, -0.25) is 9.59 Å². The normalized spacial score (nSPS) is 13.7. The second kappa shape index (κ2) is 9.21. The Balaban J connectivity index is 1.44. The van der Waals surface area contributed by atoms with Gasteiger partial charge in [-0.15, -0.1) is 0 Å². The third-order valence-electron chi connectivity index (χ3n) is 4.86. The van der Waals surface area contributed by atoms with E-state index in [1.807, 2.05) is 53.4 Å². The SMILES string of the molecule is COc1ccccc1CCCNC(=O)c1ccc(CN2CCCC2=O)cc1. The molecule has 0 unspecified atom stereocenters. The fourth-order valence-electron chi connectivity index (χ4n) is 3.35. The smallest absolute Gasteiger partial charge is 0.251 e. The van der Waals surface area contributed by atoms with Crippen LogP contribution in [0.4, 0.5) is 0 Å². The number of carbonyl (C=O) groups excluding carboxylic acids is 2. The fourth-order valence-corrected chi connectivity index (χ4v) is 3.35. The van der Waals surface area contributed by atoms with E-state index in [-0.39, 0.29) is 11.8 Å². The van der Waals surface area contributed by atoms with Gasteiger partial charge >= 0.3 is 0 Å². The summed E-state index contributed by atoms with van der Waals surface area (Å²) in [5.41, 5.74) is 2.84. The summed E-state index contributed by atoms with van der Waals surface area (Å²) in [7, 11) is 1.67. The first-order chi connectivity index (χ1) is 13.2. The van der Waals surface area contributed by atoms with Gasteiger partial charge in [-0.25, -0.2) is 0 Å². The molecule has 2 aromatic carbocycles. The van der Waals surface area contributed by atoms with Crippen LogP contribution in [0, 0.1) is 0 Å². The van der Waals surface area contributed by atoms with Crippen LogP contribution in [0.15, 0.2) is 48.5 Å². The number of nitrogens with zero attached hydrogens (tertiary/aromatic N) is 1. The Morgan fingerprint density at radius 3 is 2.63 bits per heavy atom. The molecule has 0 saturated carbocycles. The Kier molecular flexibility index (Phi) is 6.47. The maximum absolute atomic E-state index is 12.3. The number of hydrogen-bond acceptors (Lipinski definition) is 3. The first-order valence-electron chi connectivity index (χ1n) is 9.44. The van der Waals surface area contributed by atoms with Crippen molar-refractivity contribution in [2.45, 2.75) is 32.2 Å². The number of para-hydroxylation sites is 1. The number of benzene rings is 2. The Labute approximate surface area is 160 Å². The van der Waals surface area contributed by atoms with Crippen molar-refractivity contribution in [1.82, 2.24) is 10.2 Å². The lowest BCUT2D eigenvalue weighted by Crippen LogP contribution is -2.25. The van der Waals surface area contributed by atoms with Crippen LogP contribution >= 0.6 is 0 Å². The van der Waals surface area contributed by atoms with Gasteiger partial charge in [-0.1, -0.05) is 30.3 Å². The van der Waals surface area contributed by atoms with Crippen molar-refractivity contribution >= 4 is 11.8 Å². The molecule has 5 nitrogen and oxygen atoms in total. The zero-order chi connectivity index (χ0) is 19.1. The van der Waals surface area contributed by atoms with Crippen LogP contribution in [0.1, 0.15) is 40.7 Å². The summed E-state index contributed by atoms with van der Waals surface area (Å²) in [4.78, 5) is 25.9. The molecule has 5 heteroatoms. The van der Waals surface area contributed by atoms with Gasteiger partial charge in [0.15, 0.2) is 0 Å². The van der Waals surface area contributed by atoms with E-state index in [9.17, 15) is 9.59 Å². The van der Waals surface area contributed by atoms with E-state index in [1.54, 1.807) is 7.11 Å². The molecule has 0 atom stereocenters. The zero-order valence-corrected chi connectivity index (χ0v) is 15.7. The molecule has 1 fully saturated rings. The van der Waals surface area contributed by atoms with Crippen molar-refractivity contribution in [3.63, 3.8) is 0 Å². The number of methoxy groups -OCH3 is 1. The molecule has 1 aliphatic heterocycles. The first-order valence-corrected chi connectivity index (χ1v) is 9.44. The highest BCUT2D eigenvalue weighted by Gasteiger charge is 2.19. The molecule has 1 saturated heterocycles. The molecule has 1 heterocycles. The molecule has 27 heavy (non-hydrogen) atoms. The van der Waals surface area contributed by atoms with Crippen molar-refractivity contribution < 1.29 is 14.3 Å². The summed E-state index contributed by atoms with van der Waals surface area (Å²) >= 11 is 0. The van der Waals surface area contributed by atoms with Crippen LogP contribution in [0.5, 0.6) is 5.75 Å². The van der Waals surface area contributed by atoms with Crippen molar-refractivity contribution in [2.24, 2.45) is 0 Å². The van der Waals surface area contributed by atoms with E-state index in [1.165, 1.54) is 0 Å². The number of carbonyl (C=O) groups is 2. The van der Waals surface area contributed by atoms with E-state index in [0.717, 1.165) is 42.7 Å². The Morgan fingerprint density at radius 1 is 1.15 bits per heavy atom. The van der Waals surface area contributed by atoms with Gasteiger partial charge in [0.1, 0.15) is 5.75 Å². The molecule has 3 rings (SSSR count). The molecular weight excluding hydrogens is 340 g/mol. The minimum atomic E-state index is -0.0705. The Morgan fingerprint density at radius 2 is 1.93 bits per heavy atom. The number of rotatable bonds is 8. The summed E-state index contributed by atoms with van der Waals surface area (Å²) in [6, 6.07) is 15.4. The highest BCUT2D eigenvalue weighted by Crippen LogP contribution is 2.18. The summed E-state index contributed by atoms with van der Waals surface area (Å²) in [5.74, 6) is 1.03. The van der Waals surface area contributed by atoms with Crippen molar-refractivity contribution in [2.75, 3.05) is 20.2 Å². The van der Waals surface area contributed by atoms with Gasteiger partial charge in [-0.2, -0.15) is 0 Å². The summed E-state index contributed by atoms with van der Waals surface area (Å²) in [6.07, 6.45) is 3.29. The monoisotopic (exact) mass is 366 g/mol. The zero-order valence-electron chi connectivity index (χ0n) is 15.7. The number of nitrogens with one attached hydrogen (secondary N) is 1. The summed E-state index contributed by atoms with van der Waals surface area (Å²) in [5, 5.41) is 2.96. The largest absolute Gasteiger partial charge is 0.496 e. The standard InChI is InChI=1S/C22H26N2O3/c1-27-20-8-3-2-6-18(20)7-4-14-23-22(26)19-12-10-17(11-13-19)16-24-15-5-9-21(24)25/h2-3,6,8,10-13H,4-5,7,9,14-16H2,1H3,(H,23,26). The number of aryl methyl sites for hydroxylation is 1. The molecule has 2 aromatic rings. The average Bonchev–Trinajstić information content (AvgIpc) is 3.10. The lowest BCUT2D eigenvalue weighted by atomic mass is 10.1. The fraction of sp³-hybridized carbons (Fsp3) is 0.364. The number of amides is 2. The van der Waals surface area contributed by atoms with Crippen LogP contribution in [0.2, 0.25) is 0 Å². The molecule has 0 radical (unpaired) electrons. The van der Waals surface area contributed by atoms with E-state index in [2.05, 4.69) is 5.32 Å². The van der Waals surface area contributed by atoms with Crippen LogP contribution < -0.4 is 10.1 Å². The molecule has 142 valence electrons. The lowest BCUT2D eigenvalue weighted by molar-refractivity contribution is -0.128. The second-order valence-electron chi connectivity index (χ2n) is 6.79. The lowest BCUT2D eigenvalue weighted by Gasteiger charge is -2.15. The molecule has 1 N–H and O–H groups in total. The molecule has 0 bridgehead atoms. The quantitative estimate of drug-likeness (QED) is 0.730. The topological polar surface area (TPSA) is 58.6 Å². The molecule has 1 aliphatic rings. The summed E-state index contributed by atoms with van der Waals surface area (Å²) in [6.45, 7) is 2.06. The van der Waals surface area contributed by atoms with E-state index >= 15 is 0 Å². The van der Waals surface area contributed by atoms with Gasteiger partial charge in [0.25, 0.3) is 5.91 Å². The van der Waals surface area contributed by atoms with E-state index in [0.29, 0.717) is 25.1 Å². The highest BCUT2D eigenvalue weighted by atomic mass is 16.5. The van der Waals surface area contributed by atoms with E-state index < -0.39 is 0 Å². The third-order valence-corrected chi connectivity index (χ3v) is 4.86.